The normalized spacial score (nSPS) is 12.0. The predicted molar refractivity (Wildman–Crippen MR) is 75.3 cm³/mol. The van der Waals surface area contributed by atoms with E-state index >= 15 is 0 Å². The number of carbonyl (C=O) groups is 1. The van der Waals surface area contributed by atoms with Crippen molar-refractivity contribution in [1.29, 1.82) is 0 Å². The van der Waals surface area contributed by atoms with E-state index in [9.17, 15) is 13.6 Å². The number of amides is 1. The zero-order valence-corrected chi connectivity index (χ0v) is 12.0. The monoisotopic (exact) mass is 323 g/mol. The Bertz CT molecular complexity index is 584. The van der Waals surface area contributed by atoms with Crippen LogP contribution in [0.15, 0.2) is 12.1 Å². The van der Waals surface area contributed by atoms with E-state index in [1.165, 1.54) is 7.11 Å². The minimum atomic E-state index is -0.980. The number of nitrogens with zero attached hydrogens (tertiary/aromatic N) is 1. The Hall–Kier alpha value is -1.35. The molecule has 5 nitrogen and oxygen atoms in total. The molecule has 0 bridgehead atoms. The molecule has 0 aliphatic rings. The first-order valence-corrected chi connectivity index (χ1v) is 6.14. The average molecular weight is 324 g/mol. The molecule has 0 radical (unpaired) electrons. The highest BCUT2D eigenvalue weighted by Crippen LogP contribution is 2.27. The number of methoxy groups -OCH3 is 1. The van der Waals surface area contributed by atoms with Gasteiger partial charge in [-0.1, -0.05) is 11.3 Å². The van der Waals surface area contributed by atoms with Crippen molar-refractivity contribution in [3.63, 3.8) is 0 Å². The Morgan fingerprint density at radius 3 is 2.80 bits per heavy atom. The number of rotatable bonds is 4. The number of halogens is 3. The lowest BCUT2D eigenvalue weighted by Crippen LogP contribution is -2.39. The highest BCUT2D eigenvalue weighted by molar-refractivity contribution is 7.22. The number of carbonyl (C=O) groups excluding carboxylic acids is 1. The van der Waals surface area contributed by atoms with E-state index in [1.54, 1.807) is 0 Å². The lowest BCUT2D eigenvalue weighted by Gasteiger charge is -2.08. The smallest absolute Gasteiger partial charge is 0.245 e. The Kier molecular flexibility index (Phi) is 5.75. The summed E-state index contributed by atoms with van der Waals surface area (Å²) < 4.78 is 31.2. The Morgan fingerprint density at radius 1 is 1.50 bits per heavy atom. The summed E-state index contributed by atoms with van der Waals surface area (Å²) in [6.07, 6.45) is 0. The van der Waals surface area contributed by atoms with Crippen LogP contribution in [-0.4, -0.2) is 30.6 Å². The number of thiazole rings is 1. The van der Waals surface area contributed by atoms with E-state index in [0.29, 0.717) is 4.70 Å². The van der Waals surface area contributed by atoms with Gasteiger partial charge < -0.3 is 15.8 Å². The van der Waals surface area contributed by atoms with Gasteiger partial charge in [-0.2, -0.15) is 0 Å². The molecule has 1 atom stereocenters. The van der Waals surface area contributed by atoms with Gasteiger partial charge in [0.05, 0.1) is 16.8 Å². The summed E-state index contributed by atoms with van der Waals surface area (Å²) in [6.45, 7) is 0.0694. The van der Waals surface area contributed by atoms with Crippen molar-refractivity contribution in [2.24, 2.45) is 5.73 Å². The maximum atomic E-state index is 13.0. The molecule has 20 heavy (non-hydrogen) atoms. The molecule has 0 spiro atoms. The maximum Gasteiger partial charge on any atom is 0.245 e. The van der Waals surface area contributed by atoms with Crippen molar-refractivity contribution in [3.8, 4) is 0 Å². The third kappa shape index (κ3) is 3.60. The molecule has 3 N–H and O–H groups in total. The highest BCUT2D eigenvalue weighted by atomic mass is 35.5. The predicted octanol–water partition coefficient (Wildman–Crippen LogP) is 1.91. The van der Waals surface area contributed by atoms with Gasteiger partial charge in [0.15, 0.2) is 16.8 Å². The van der Waals surface area contributed by atoms with Gasteiger partial charge in [-0.15, -0.1) is 12.4 Å². The summed E-state index contributed by atoms with van der Waals surface area (Å²) >= 11 is 1.04. The summed E-state index contributed by atoms with van der Waals surface area (Å²) in [6, 6.07) is 1.18. The molecule has 1 aromatic carbocycles. The standard InChI is InChI=1S/C11H11F2N3O2S.ClH/c1-18-4-7(14)10(17)16-11-15-8-2-5(12)6(13)3-9(8)19-11;/h2-3,7H,4,14H2,1H3,(H,15,16,17);1H. The second kappa shape index (κ2) is 6.89. The van der Waals surface area contributed by atoms with Crippen LogP contribution in [0.4, 0.5) is 13.9 Å². The number of hydrogen-bond acceptors (Lipinski definition) is 5. The molecular formula is C11H12ClF2N3O2S. The van der Waals surface area contributed by atoms with Crippen LogP contribution in [0.1, 0.15) is 0 Å². The van der Waals surface area contributed by atoms with Gasteiger partial charge in [0.1, 0.15) is 6.04 Å². The molecule has 110 valence electrons. The van der Waals surface area contributed by atoms with E-state index in [2.05, 4.69) is 10.3 Å². The van der Waals surface area contributed by atoms with E-state index in [1.807, 2.05) is 0 Å². The molecule has 1 unspecified atom stereocenters. The lowest BCUT2D eigenvalue weighted by atomic mass is 10.3. The molecule has 0 saturated heterocycles. The Balaban J connectivity index is 0.00000200. The van der Waals surface area contributed by atoms with Crippen molar-refractivity contribution in [3.05, 3.63) is 23.8 Å². The summed E-state index contributed by atoms with van der Waals surface area (Å²) in [5, 5.41) is 2.71. The fourth-order valence-corrected chi connectivity index (χ4v) is 2.31. The molecule has 0 aliphatic carbocycles. The van der Waals surface area contributed by atoms with E-state index in [0.717, 1.165) is 23.5 Å². The van der Waals surface area contributed by atoms with Crippen LogP contribution in [0, 0.1) is 11.6 Å². The lowest BCUT2D eigenvalue weighted by molar-refractivity contribution is -0.118. The molecule has 1 aromatic heterocycles. The van der Waals surface area contributed by atoms with Crippen LogP contribution in [0.3, 0.4) is 0 Å². The number of anilines is 1. The molecule has 0 fully saturated rings. The van der Waals surface area contributed by atoms with Crippen molar-refractivity contribution < 1.29 is 18.3 Å². The van der Waals surface area contributed by atoms with Gasteiger partial charge in [-0.25, -0.2) is 13.8 Å². The zero-order valence-electron chi connectivity index (χ0n) is 10.4. The van der Waals surface area contributed by atoms with Crippen molar-refractivity contribution in [2.75, 3.05) is 19.0 Å². The largest absolute Gasteiger partial charge is 0.383 e. The first-order chi connectivity index (χ1) is 9.01. The Morgan fingerprint density at radius 2 is 2.15 bits per heavy atom. The second-order valence-electron chi connectivity index (χ2n) is 3.80. The molecule has 9 heteroatoms. The van der Waals surface area contributed by atoms with Crippen LogP contribution >= 0.6 is 23.7 Å². The van der Waals surface area contributed by atoms with Gasteiger partial charge in [-0.3, -0.25) is 4.79 Å². The molecule has 1 amide bonds. The number of fused-ring (bicyclic) bond motifs is 1. The average Bonchev–Trinajstić information content (AvgIpc) is 2.71. The van der Waals surface area contributed by atoms with Crippen LogP contribution in [0.25, 0.3) is 10.2 Å². The number of aromatic nitrogens is 1. The van der Waals surface area contributed by atoms with Gasteiger partial charge in [0, 0.05) is 13.2 Å². The van der Waals surface area contributed by atoms with Gasteiger partial charge >= 0.3 is 0 Å². The third-order valence-electron chi connectivity index (χ3n) is 2.34. The van der Waals surface area contributed by atoms with Crippen molar-refractivity contribution in [1.82, 2.24) is 4.98 Å². The summed E-state index contributed by atoms with van der Waals surface area (Å²) in [5.74, 6) is -2.40. The van der Waals surface area contributed by atoms with Crippen LogP contribution in [0.2, 0.25) is 0 Å². The minimum Gasteiger partial charge on any atom is -0.383 e. The topological polar surface area (TPSA) is 77.2 Å². The second-order valence-corrected chi connectivity index (χ2v) is 4.83. The molecule has 0 aliphatic heterocycles. The van der Waals surface area contributed by atoms with Gasteiger partial charge in [0.25, 0.3) is 0 Å². The fourth-order valence-electron chi connectivity index (χ4n) is 1.43. The number of ether oxygens (including phenoxy) is 1. The third-order valence-corrected chi connectivity index (χ3v) is 3.28. The van der Waals surface area contributed by atoms with Crippen LogP contribution in [-0.2, 0) is 9.53 Å². The molecule has 1 heterocycles. The van der Waals surface area contributed by atoms with E-state index in [-0.39, 0.29) is 29.7 Å². The molecule has 0 saturated carbocycles. The maximum absolute atomic E-state index is 13.0. The SMILES string of the molecule is COCC(N)C(=O)Nc1nc2cc(F)c(F)cc2s1.Cl. The first-order valence-electron chi connectivity index (χ1n) is 5.32. The van der Waals surface area contributed by atoms with Crippen LogP contribution in [0.5, 0.6) is 0 Å². The van der Waals surface area contributed by atoms with E-state index < -0.39 is 23.6 Å². The highest BCUT2D eigenvalue weighted by Gasteiger charge is 2.16. The number of hydrogen-bond donors (Lipinski definition) is 2. The minimum absolute atomic E-state index is 0. The molecule has 2 rings (SSSR count). The van der Waals surface area contributed by atoms with Crippen molar-refractivity contribution in [2.45, 2.75) is 6.04 Å². The first kappa shape index (κ1) is 16.7. The van der Waals surface area contributed by atoms with E-state index in [4.69, 9.17) is 10.5 Å². The number of benzene rings is 1. The zero-order chi connectivity index (χ0) is 14.0. The van der Waals surface area contributed by atoms with Gasteiger partial charge in [0.2, 0.25) is 5.91 Å². The van der Waals surface area contributed by atoms with Crippen molar-refractivity contribution >= 4 is 45.0 Å². The quantitative estimate of drug-likeness (QED) is 0.901. The number of nitrogens with two attached hydrogens (primary N) is 1. The Labute approximate surface area is 123 Å². The number of nitrogens with one attached hydrogen (secondary N) is 1. The summed E-state index contributed by atoms with van der Waals surface area (Å²) in [5.41, 5.74) is 5.82. The molecule has 2 aromatic rings. The summed E-state index contributed by atoms with van der Waals surface area (Å²) in [4.78, 5) is 15.6. The fraction of sp³-hybridized carbons (Fsp3) is 0.273. The molecular weight excluding hydrogens is 312 g/mol. The van der Waals surface area contributed by atoms with Gasteiger partial charge in [-0.05, 0) is 6.07 Å². The summed E-state index contributed by atoms with van der Waals surface area (Å²) in [7, 11) is 1.43. The van der Waals surface area contributed by atoms with Crippen LogP contribution < -0.4 is 11.1 Å².